The minimum Gasteiger partial charge on any atom is -0.493 e. The maximum atomic E-state index is 14.4. The highest BCUT2D eigenvalue weighted by molar-refractivity contribution is 5.85. The van der Waals surface area contributed by atoms with Crippen LogP contribution in [-0.4, -0.2) is 32.7 Å². The van der Waals surface area contributed by atoms with Crippen molar-refractivity contribution in [3.05, 3.63) is 60.7 Å². The maximum absolute atomic E-state index is 14.4. The zero-order chi connectivity index (χ0) is 21.8. The van der Waals surface area contributed by atoms with E-state index in [2.05, 4.69) is 25.5 Å². The van der Waals surface area contributed by atoms with Crippen molar-refractivity contribution in [1.29, 1.82) is 0 Å². The van der Waals surface area contributed by atoms with Crippen molar-refractivity contribution in [3.8, 4) is 17.1 Å². The lowest BCUT2D eigenvalue weighted by Gasteiger charge is -2.12. The van der Waals surface area contributed by atoms with Gasteiger partial charge in [-0.25, -0.2) is 14.4 Å². The van der Waals surface area contributed by atoms with E-state index in [1.54, 1.807) is 24.5 Å². The minimum absolute atomic E-state index is 0. The van der Waals surface area contributed by atoms with E-state index in [1.807, 2.05) is 31.2 Å². The molecule has 166 valence electrons. The number of nitrogens with two attached hydrogens (primary N) is 1. The molecule has 0 aliphatic rings. The van der Waals surface area contributed by atoms with Crippen LogP contribution in [0.2, 0.25) is 0 Å². The summed E-state index contributed by atoms with van der Waals surface area (Å²) in [5.74, 6) is 0.779. The van der Waals surface area contributed by atoms with E-state index in [0.717, 1.165) is 10.9 Å². The van der Waals surface area contributed by atoms with Crippen molar-refractivity contribution in [2.45, 2.75) is 13.3 Å². The number of H-pyrrole nitrogens is 1. The fraction of sp³-hybridized carbons (Fsp3) is 0.182. The number of ether oxygens (including phenoxy) is 1. The molecule has 0 spiro atoms. The average Bonchev–Trinajstić information content (AvgIpc) is 3.19. The van der Waals surface area contributed by atoms with Crippen molar-refractivity contribution in [3.63, 3.8) is 0 Å². The van der Waals surface area contributed by atoms with Crippen LogP contribution in [0, 0.1) is 11.7 Å². The van der Waals surface area contributed by atoms with Gasteiger partial charge in [0, 0.05) is 29.6 Å². The van der Waals surface area contributed by atoms with Crippen LogP contribution in [-0.2, 0) is 4.79 Å². The number of amides is 1. The van der Waals surface area contributed by atoms with Gasteiger partial charge in [-0.3, -0.25) is 9.89 Å². The largest absolute Gasteiger partial charge is 0.493 e. The topological polar surface area (TPSA) is 119 Å². The molecule has 0 saturated carbocycles. The van der Waals surface area contributed by atoms with E-state index in [1.165, 1.54) is 6.07 Å². The summed E-state index contributed by atoms with van der Waals surface area (Å²) in [6, 6.07) is 12.0. The number of benzene rings is 2. The van der Waals surface area contributed by atoms with Crippen molar-refractivity contribution in [1.82, 2.24) is 20.2 Å². The summed E-state index contributed by atoms with van der Waals surface area (Å²) >= 11 is 0. The van der Waals surface area contributed by atoms with Gasteiger partial charge >= 0.3 is 0 Å². The Morgan fingerprint density at radius 3 is 2.94 bits per heavy atom. The lowest BCUT2D eigenvalue weighted by atomic mass is 10.1. The zero-order valence-corrected chi connectivity index (χ0v) is 18.0. The zero-order valence-electron chi connectivity index (χ0n) is 17.2. The first kappa shape index (κ1) is 23.0. The molecule has 0 radical (unpaired) electrons. The fourth-order valence-corrected chi connectivity index (χ4v) is 3.13. The minimum atomic E-state index is -0.419. The number of anilines is 2. The molecule has 0 aliphatic carbocycles. The molecule has 1 amide bonds. The first-order chi connectivity index (χ1) is 15.0. The Kier molecular flexibility index (Phi) is 7.21. The molecule has 4 aromatic rings. The van der Waals surface area contributed by atoms with Crippen molar-refractivity contribution < 1.29 is 13.9 Å². The summed E-state index contributed by atoms with van der Waals surface area (Å²) in [6.45, 7) is 2.26. The molecule has 2 aromatic heterocycles. The first-order valence-electron chi connectivity index (χ1n) is 9.72. The Bertz CT molecular complexity index is 1230. The molecule has 32 heavy (non-hydrogen) atoms. The Balaban J connectivity index is 0.00000289. The fourth-order valence-electron chi connectivity index (χ4n) is 3.13. The molecule has 0 saturated heterocycles. The van der Waals surface area contributed by atoms with Crippen molar-refractivity contribution in [2.75, 3.05) is 11.9 Å². The second kappa shape index (κ2) is 10.1. The molecule has 0 aliphatic heterocycles. The van der Waals surface area contributed by atoms with Gasteiger partial charge in [0.1, 0.15) is 17.4 Å². The average molecular weight is 457 g/mol. The molecule has 2 aromatic carbocycles. The molecule has 1 unspecified atom stereocenters. The molecule has 10 heteroatoms. The SMILES string of the molecule is CC(COc1cccc(-c2nccc(Nc3cc4cn[nH]c4cc3F)n2)c1)CC(N)=O.Cl. The number of nitrogens with one attached hydrogen (secondary N) is 2. The van der Waals surface area contributed by atoms with Gasteiger partial charge in [0.15, 0.2) is 5.82 Å². The van der Waals surface area contributed by atoms with E-state index in [-0.39, 0.29) is 30.7 Å². The van der Waals surface area contributed by atoms with Crippen LogP contribution in [0.25, 0.3) is 22.3 Å². The molecule has 2 heterocycles. The number of rotatable bonds is 8. The van der Waals surface area contributed by atoms with E-state index in [0.29, 0.717) is 35.2 Å². The van der Waals surface area contributed by atoms with Crippen molar-refractivity contribution >= 4 is 40.7 Å². The van der Waals surface area contributed by atoms with E-state index in [4.69, 9.17) is 10.5 Å². The Hall–Kier alpha value is -3.72. The molecule has 0 bridgehead atoms. The monoisotopic (exact) mass is 456 g/mol. The number of aromatic amines is 1. The number of hydrogen-bond donors (Lipinski definition) is 3. The number of carbonyl (C=O) groups excluding carboxylic acids is 1. The third-order valence-corrected chi connectivity index (χ3v) is 4.62. The quantitative estimate of drug-likeness (QED) is 0.365. The third kappa shape index (κ3) is 5.50. The molecule has 1 atom stereocenters. The van der Waals surface area contributed by atoms with E-state index >= 15 is 0 Å². The van der Waals surface area contributed by atoms with Gasteiger partial charge in [0.2, 0.25) is 5.91 Å². The highest BCUT2D eigenvalue weighted by Crippen LogP contribution is 2.26. The van der Waals surface area contributed by atoms with E-state index in [9.17, 15) is 9.18 Å². The van der Waals surface area contributed by atoms with Gasteiger partial charge in [-0.2, -0.15) is 5.10 Å². The number of fused-ring (bicyclic) bond motifs is 1. The van der Waals surface area contributed by atoms with Gasteiger partial charge in [-0.05, 0) is 30.2 Å². The van der Waals surface area contributed by atoms with Gasteiger partial charge in [-0.15, -0.1) is 12.4 Å². The summed E-state index contributed by atoms with van der Waals surface area (Å²) in [7, 11) is 0. The molecule has 4 rings (SSSR count). The van der Waals surface area contributed by atoms with Crippen LogP contribution < -0.4 is 15.8 Å². The number of carbonyl (C=O) groups is 1. The number of hydrogen-bond acceptors (Lipinski definition) is 6. The standard InChI is InChI=1S/C22H21FN6O2.ClH/c1-13(7-20(24)30)12-31-16-4-2-3-14(8-16)22-25-6-5-21(28-22)27-19-9-15-11-26-29-18(15)10-17(19)23;/h2-6,8-11,13H,7,12H2,1H3,(H2,24,30)(H,26,29)(H,25,27,28);1H. The van der Waals surface area contributed by atoms with Gasteiger partial charge in [-0.1, -0.05) is 19.1 Å². The highest BCUT2D eigenvalue weighted by Gasteiger charge is 2.10. The molecular weight excluding hydrogens is 435 g/mol. The Morgan fingerprint density at radius 1 is 1.28 bits per heavy atom. The van der Waals surface area contributed by atoms with Crippen LogP contribution >= 0.6 is 12.4 Å². The van der Waals surface area contributed by atoms with E-state index < -0.39 is 5.82 Å². The second-order valence-electron chi connectivity index (χ2n) is 7.29. The van der Waals surface area contributed by atoms with Crippen LogP contribution in [0.15, 0.2) is 54.9 Å². The van der Waals surface area contributed by atoms with Gasteiger partial charge < -0.3 is 15.8 Å². The van der Waals surface area contributed by atoms with Crippen LogP contribution in [0.1, 0.15) is 13.3 Å². The highest BCUT2D eigenvalue weighted by atomic mass is 35.5. The summed E-state index contributed by atoms with van der Waals surface area (Å²) < 4.78 is 20.2. The predicted molar refractivity (Wildman–Crippen MR) is 123 cm³/mol. The normalized spacial score (nSPS) is 11.6. The van der Waals surface area contributed by atoms with Crippen LogP contribution in [0.3, 0.4) is 0 Å². The Morgan fingerprint density at radius 2 is 2.12 bits per heavy atom. The van der Waals surface area contributed by atoms with Crippen LogP contribution in [0.5, 0.6) is 5.75 Å². The third-order valence-electron chi connectivity index (χ3n) is 4.62. The van der Waals surface area contributed by atoms with Gasteiger partial charge in [0.25, 0.3) is 0 Å². The Labute approximate surface area is 189 Å². The lowest BCUT2D eigenvalue weighted by molar-refractivity contribution is -0.119. The number of aromatic nitrogens is 4. The smallest absolute Gasteiger partial charge is 0.217 e. The number of halogens is 2. The molecular formula is C22H22ClFN6O2. The van der Waals surface area contributed by atoms with Crippen molar-refractivity contribution in [2.24, 2.45) is 11.7 Å². The molecule has 8 nitrogen and oxygen atoms in total. The number of nitrogens with zero attached hydrogens (tertiary/aromatic N) is 3. The lowest BCUT2D eigenvalue weighted by Crippen LogP contribution is -2.18. The summed E-state index contributed by atoms with van der Waals surface area (Å²) in [6.07, 6.45) is 3.49. The van der Waals surface area contributed by atoms with Gasteiger partial charge in [0.05, 0.1) is 24.0 Å². The molecule has 0 fully saturated rings. The van der Waals surface area contributed by atoms with Crippen LogP contribution in [0.4, 0.5) is 15.9 Å². The maximum Gasteiger partial charge on any atom is 0.217 e. The first-order valence-corrected chi connectivity index (χ1v) is 9.72. The molecule has 4 N–H and O–H groups in total. The second-order valence-corrected chi connectivity index (χ2v) is 7.29. The number of primary amides is 1. The summed E-state index contributed by atoms with van der Waals surface area (Å²) in [5, 5.41) is 10.4. The summed E-state index contributed by atoms with van der Waals surface area (Å²) in [4.78, 5) is 19.8. The summed E-state index contributed by atoms with van der Waals surface area (Å²) in [5.41, 5.74) is 6.87. The predicted octanol–water partition coefficient (Wildman–Crippen LogP) is 4.21.